The number of halogens is 1. The van der Waals surface area contributed by atoms with Crippen molar-refractivity contribution >= 4 is 29.1 Å². The van der Waals surface area contributed by atoms with E-state index in [-0.39, 0.29) is 30.3 Å². The van der Waals surface area contributed by atoms with Crippen molar-refractivity contribution in [3.05, 3.63) is 48.0 Å². The molecule has 1 heterocycles. The maximum Gasteiger partial charge on any atom is 0.226 e. The Morgan fingerprint density at radius 2 is 1.90 bits per heavy atom. The zero-order chi connectivity index (χ0) is 13.2. The first-order valence-electron chi connectivity index (χ1n) is 6.74. The van der Waals surface area contributed by atoms with E-state index < -0.39 is 0 Å². The van der Waals surface area contributed by atoms with E-state index in [4.69, 9.17) is 0 Å². The Kier molecular flexibility index (Phi) is 4.63. The van der Waals surface area contributed by atoms with Crippen molar-refractivity contribution in [2.75, 3.05) is 13.1 Å². The first-order valence-corrected chi connectivity index (χ1v) is 6.74. The van der Waals surface area contributed by atoms with E-state index in [1.165, 1.54) is 10.8 Å². The Hall–Kier alpha value is -1.58. The summed E-state index contributed by atoms with van der Waals surface area (Å²) >= 11 is 0. The summed E-state index contributed by atoms with van der Waals surface area (Å²) in [5.41, 5.74) is 1.15. The molecular weight excluding hydrogens is 272 g/mol. The second-order valence-corrected chi connectivity index (χ2v) is 5.19. The Labute approximate surface area is 125 Å². The molecule has 1 unspecified atom stereocenters. The lowest BCUT2D eigenvalue weighted by Gasteiger charge is -2.27. The molecule has 0 spiro atoms. The molecule has 0 aromatic heterocycles. The van der Waals surface area contributed by atoms with Crippen LogP contribution < -0.4 is 10.6 Å². The fourth-order valence-corrected chi connectivity index (χ4v) is 2.37. The first-order chi connectivity index (χ1) is 9.24. The molecule has 1 fully saturated rings. The largest absolute Gasteiger partial charge is 0.349 e. The highest BCUT2D eigenvalue weighted by Crippen LogP contribution is 2.20. The zero-order valence-electron chi connectivity index (χ0n) is 11.4. The van der Waals surface area contributed by atoms with Crippen LogP contribution in [0, 0.1) is 5.92 Å². The van der Waals surface area contributed by atoms with Gasteiger partial charge in [0.05, 0.1) is 12.0 Å². The summed E-state index contributed by atoms with van der Waals surface area (Å²) in [7, 11) is 0. The summed E-state index contributed by atoms with van der Waals surface area (Å²) in [5.74, 6) is 0.294. The SMILES string of the molecule is CC(NC(=O)C1CNC1)c1ccc2ccccc2c1.Cl. The molecule has 2 N–H and O–H groups in total. The molecule has 1 atom stereocenters. The Bertz CT molecular complexity index is 610. The normalized spacial score (nSPS) is 16.1. The minimum absolute atomic E-state index is 0. The van der Waals surface area contributed by atoms with Gasteiger partial charge in [-0.2, -0.15) is 0 Å². The van der Waals surface area contributed by atoms with Crippen LogP contribution in [0.1, 0.15) is 18.5 Å². The molecule has 3 rings (SSSR count). The highest BCUT2D eigenvalue weighted by Gasteiger charge is 2.25. The summed E-state index contributed by atoms with van der Waals surface area (Å²) in [6.45, 7) is 3.64. The highest BCUT2D eigenvalue weighted by molar-refractivity contribution is 5.85. The van der Waals surface area contributed by atoms with E-state index in [0.717, 1.165) is 18.7 Å². The molecule has 1 aliphatic heterocycles. The van der Waals surface area contributed by atoms with Crippen LogP contribution in [0.15, 0.2) is 42.5 Å². The number of hydrogen-bond donors (Lipinski definition) is 2. The fraction of sp³-hybridized carbons (Fsp3) is 0.312. The van der Waals surface area contributed by atoms with Crippen LogP contribution in [0.5, 0.6) is 0 Å². The second kappa shape index (κ2) is 6.25. The first kappa shape index (κ1) is 14.8. The summed E-state index contributed by atoms with van der Waals surface area (Å²) in [5, 5.41) is 8.65. The number of nitrogens with one attached hydrogen (secondary N) is 2. The number of rotatable bonds is 3. The molecule has 0 saturated carbocycles. The predicted molar refractivity (Wildman–Crippen MR) is 84.1 cm³/mol. The van der Waals surface area contributed by atoms with Crippen molar-refractivity contribution in [1.29, 1.82) is 0 Å². The van der Waals surface area contributed by atoms with Crippen LogP contribution in [-0.4, -0.2) is 19.0 Å². The van der Waals surface area contributed by atoms with Gasteiger partial charge in [0.2, 0.25) is 5.91 Å². The Balaban J connectivity index is 0.00000147. The van der Waals surface area contributed by atoms with Gasteiger partial charge in [-0.1, -0.05) is 36.4 Å². The molecule has 1 aliphatic rings. The highest BCUT2D eigenvalue weighted by atomic mass is 35.5. The van der Waals surface area contributed by atoms with Crippen molar-refractivity contribution in [1.82, 2.24) is 10.6 Å². The van der Waals surface area contributed by atoms with Gasteiger partial charge in [0, 0.05) is 13.1 Å². The van der Waals surface area contributed by atoms with Gasteiger partial charge in [-0.25, -0.2) is 0 Å². The van der Waals surface area contributed by atoms with Gasteiger partial charge < -0.3 is 10.6 Å². The summed E-state index contributed by atoms with van der Waals surface area (Å²) in [6, 6.07) is 14.7. The number of carbonyl (C=O) groups is 1. The number of amides is 1. The predicted octanol–water partition coefficient (Wildman–Crippen LogP) is 2.66. The van der Waals surface area contributed by atoms with Gasteiger partial charge in [0.25, 0.3) is 0 Å². The van der Waals surface area contributed by atoms with E-state index in [1.54, 1.807) is 0 Å². The van der Waals surface area contributed by atoms with Gasteiger partial charge in [-0.3, -0.25) is 4.79 Å². The fourth-order valence-electron chi connectivity index (χ4n) is 2.37. The third-order valence-corrected chi connectivity index (χ3v) is 3.78. The van der Waals surface area contributed by atoms with Gasteiger partial charge in [-0.15, -0.1) is 12.4 Å². The molecule has 106 valence electrons. The molecule has 0 aliphatic carbocycles. The van der Waals surface area contributed by atoms with Crippen molar-refractivity contribution < 1.29 is 4.79 Å². The number of carbonyl (C=O) groups excluding carboxylic acids is 1. The lowest BCUT2D eigenvalue weighted by molar-refractivity contribution is -0.127. The molecule has 0 radical (unpaired) electrons. The lowest BCUT2D eigenvalue weighted by Crippen LogP contribution is -2.51. The Morgan fingerprint density at radius 3 is 2.55 bits per heavy atom. The molecule has 2 aromatic rings. The van der Waals surface area contributed by atoms with Crippen LogP contribution in [0.2, 0.25) is 0 Å². The van der Waals surface area contributed by atoms with Gasteiger partial charge in [0.15, 0.2) is 0 Å². The third kappa shape index (κ3) is 2.94. The minimum atomic E-state index is 0. The third-order valence-electron chi connectivity index (χ3n) is 3.78. The molecule has 0 bridgehead atoms. The lowest BCUT2D eigenvalue weighted by atomic mass is 10.00. The van der Waals surface area contributed by atoms with E-state index >= 15 is 0 Å². The average Bonchev–Trinajstić information content (AvgIpc) is 2.36. The van der Waals surface area contributed by atoms with Crippen molar-refractivity contribution in [2.24, 2.45) is 5.92 Å². The van der Waals surface area contributed by atoms with E-state index in [2.05, 4.69) is 41.0 Å². The standard InChI is InChI=1S/C16H18N2O.ClH/c1-11(18-16(19)15-9-17-10-15)13-7-6-12-4-2-3-5-14(12)8-13;/h2-8,11,15,17H,9-10H2,1H3,(H,18,19);1H. The molecule has 3 nitrogen and oxygen atoms in total. The molecule has 1 amide bonds. The van der Waals surface area contributed by atoms with Gasteiger partial charge >= 0.3 is 0 Å². The molecular formula is C16H19ClN2O. The monoisotopic (exact) mass is 290 g/mol. The van der Waals surface area contributed by atoms with E-state index in [9.17, 15) is 4.79 Å². The maximum absolute atomic E-state index is 11.9. The number of hydrogen-bond acceptors (Lipinski definition) is 2. The summed E-state index contributed by atoms with van der Waals surface area (Å²) in [4.78, 5) is 11.9. The zero-order valence-corrected chi connectivity index (χ0v) is 12.2. The van der Waals surface area contributed by atoms with Crippen molar-refractivity contribution in [2.45, 2.75) is 13.0 Å². The maximum atomic E-state index is 11.9. The average molecular weight is 291 g/mol. The number of fused-ring (bicyclic) bond motifs is 1. The van der Waals surface area contributed by atoms with Crippen LogP contribution in [0.4, 0.5) is 0 Å². The van der Waals surface area contributed by atoms with Crippen LogP contribution >= 0.6 is 12.4 Å². The minimum Gasteiger partial charge on any atom is -0.349 e. The van der Waals surface area contributed by atoms with Gasteiger partial charge in [-0.05, 0) is 29.3 Å². The van der Waals surface area contributed by atoms with Crippen molar-refractivity contribution in [3.8, 4) is 0 Å². The van der Waals surface area contributed by atoms with Crippen LogP contribution in [0.25, 0.3) is 10.8 Å². The molecule has 20 heavy (non-hydrogen) atoms. The molecule has 4 heteroatoms. The quantitative estimate of drug-likeness (QED) is 0.912. The van der Waals surface area contributed by atoms with Crippen LogP contribution in [-0.2, 0) is 4.79 Å². The molecule has 2 aromatic carbocycles. The Morgan fingerprint density at radius 1 is 1.20 bits per heavy atom. The smallest absolute Gasteiger partial charge is 0.226 e. The summed E-state index contributed by atoms with van der Waals surface area (Å²) < 4.78 is 0. The topological polar surface area (TPSA) is 41.1 Å². The van der Waals surface area contributed by atoms with Crippen LogP contribution in [0.3, 0.4) is 0 Å². The molecule has 1 saturated heterocycles. The van der Waals surface area contributed by atoms with E-state index in [1.807, 2.05) is 19.1 Å². The van der Waals surface area contributed by atoms with Crippen molar-refractivity contribution in [3.63, 3.8) is 0 Å². The summed E-state index contributed by atoms with van der Waals surface area (Å²) in [6.07, 6.45) is 0. The number of benzene rings is 2. The van der Waals surface area contributed by atoms with E-state index in [0.29, 0.717) is 0 Å². The second-order valence-electron chi connectivity index (χ2n) is 5.19. The van der Waals surface area contributed by atoms with Gasteiger partial charge in [0.1, 0.15) is 0 Å².